The maximum Gasteiger partial charge on any atom is 0.143 e. The molecule has 10 aromatic rings. The number of hydrogen-bond acceptors (Lipinski definition) is 2. The maximum absolute atomic E-state index is 6.40. The number of para-hydroxylation sites is 2. The van der Waals surface area contributed by atoms with Crippen LogP contribution in [0.3, 0.4) is 0 Å². The van der Waals surface area contributed by atoms with Gasteiger partial charge in [-0.05, 0) is 104 Å². The molecule has 0 unspecified atom stereocenters. The normalized spacial score (nSPS) is 11.3. The van der Waals surface area contributed by atoms with E-state index >= 15 is 0 Å². The summed E-state index contributed by atoms with van der Waals surface area (Å²) in [6.45, 7) is 0. The molecule has 0 fully saturated rings. The lowest BCUT2D eigenvalue weighted by Gasteiger charge is -2.27. The van der Waals surface area contributed by atoms with Crippen LogP contribution in [0.1, 0.15) is 0 Å². The van der Waals surface area contributed by atoms with Crippen molar-refractivity contribution in [2.75, 3.05) is 4.90 Å². The topological polar surface area (TPSA) is 16.4 Å². The largest absolute Gasteiger partial charge is 0.455 e. The van der Waals surface area contributed by atoms with Gasteiger partial charge in [0.1, 0.15) is 11.2 Å². The first-order valence-electron chi connectivity index (χ1n) is 18.4. The van der Waals surface area contributed by atoms with Gasteiger partial charge in [-0.3, -0.25) is 0 Å². The van der Waals surface area contributed by atoms with E-state index in [2.05, 4.69) is 205 Å². The summed E-state index contributed by atoms with van der Waals surface area (Å²) in [4.78, 5) is 2.36. The van der Waals surface area contributed by atoms with Crippen molar-refractivity contribution in [1.29, 1.82) is 0 Å². The van der Waals surface area contributed by atoms with E-state index in [0.717, 1.165) is 61.3 Å². The molecule has 1 heterocycles. The zero-order valence-corrected chi connectivity index (χ0v) is 29.6. The Balaban J connectivity index is 1.05. The second-order valence-corrected chi connectivity index (χ2v) is 13.8. The van der Waals surface area contributed by atoms with E-state index < -0.39 is 0 Å². The van der Waals surface area contributed by atoms with Crippen molar-refractivity contribution >= 4 is 49.8 Å². The summed E-state index contributed by atoms with van der Waals surface area (Å²) in [5.41, 5.74) is 14.4. The van der Waals surface area contributed by atoms with Crippen molar-refractivity contribution in [2.24, 2.45) is 0 Å². The molecule has 0 saturated heterocycles. The molecule has 10 rings (SSSR count). The summed E-state index contributed by atoms with van der Waals surface area (Å²) in [6.07, 6.45) is 0. The van der Waals surface area contributed by atoms with Crippen molar-refractivity contribution in [3.63, 3.8) is 0 Å². The van der Waals surface area contributed by atoms with E-state index in [-0.39, 0.29) is 0 Å². The van der Waals surface area contributed by atoms with Crippen molar-refractivity contribution in [3.05, 3.63) is 212 Å². The molecule has 2 heteroatoms. The van der Waals surface area contributed by atoms with Gasteiger partial charge < -0.3 is 9.32 Å². The van der Waals surface area contributed by atoms with Gasteiger partial charge in [-0.25, -0.2) is 0 Å². The van der Waals surface area contributed by atoms with Crippen molar-refractivity contribution in [2.45, 2.75) is 0 Å². The van der Waals surface area contributed by atoms with Gasteiger partial charge in [0.2, 0.25) is 0 Å². The number of nitrogens with zero attached hydrogens (tertiary/aromatic N) is 1. The first-order chi connectivity index (χ1) is 26.7. The lowest BCUT2D eigenvalue weighted by atomic mass is 9.97. The van der Waals surface area contributed by atoms with Crippen LogP contribution in [0, 0.1) is 0 Å². The Hall–Kier alpha value is -7.16. The minimum Gasteiger partial charge on any atom is -0.455 e. The van der Waals surface area contributed by atoms with E-state index in [1.54, 1.807) is 0 Å². The Bertz CT molecular complexity index is 2940. The number of benzene rings is 9. The molecule has 0 spiro atoms. The molecule has 0 bridgehead atoms. The molecular formula is C52H35NO. The van der Waals surface area contributed by atoms with Crippen molar-refractivity contribution in [3.8, 4) is 44.5 Å². The summed E-state index contributed by atoms with van der Waals surface area (Å²) >= 11 is 0. The minimum atomic E-state index is 0.911. The van der Waals surface area contributed by atoms with Gasteiger partial charge in [0.15, 0.2) is 0 Å². The zero-order valence-electron chi connectivity index (χ0n) is 29.6. The summed E-state index contributed by atoms with van der Waals surface area (Å²) in [7, 11) is 0. The van der Waals surface area contributed by atoms with Crippen molar-refractivity contribution < 1.29 is 4.42 Å². The van der Waals surface area contributed by atoms with E-state index in [9.17, 15) is 0 Å². The van der Waals surface area contributed by atoms with Gasteiger partial charge in [-0.15, -0.1) is 0 Å². The Kier molecular flexibility index (Phi) is 7.85. The van der Waals surface area contributed by atoms with Crippen LogP contribution in [-0.2, 0) is 0 Å². The minimum absolute atomic E-state index is 0.911. The maximum atomic E-state index is 6.40. The summed E-state index contributed by atoms with van der Waals surface area (Å²) < 4.78 is 6.40. The molecule has 0 saturated carbocycles. The molecule has 0 N–H and O–H groups in total. The molecular weight excluding hydrogens is 655 g/mol. The third kappa shape index (κ3) is 5.81. The van der Waals surface area contributed by atoms with Crippen LogP contribution in [0.4, 0.5) is 17.1 Å². The van der Waals surface area contributed by atoms with E-state index in [4.69, 9.17) is 4.42 Å². The molecule has 0 aliphatic rings. The Morgan fingerprint density at radius 3 is 1.63 bits per heavy atom. The number of fused-ring (bicyclic) bond motifs is 4. The highest BCUT2D eigenvalue weighted by Crippen LogP contribution is 2.41. The predicted octanol–water partition coefficient (Wildman–Crippen LogP) is 14.9. The molecule has 0 radical (unpaired) electrons. The van der Waals surface area contributed by atoms with Crippen LogP contribution >= 0.6 is 0 Å². The van der Waals surface area contributed by atoms with Crippen LogP contribution in [0.2, 0.25) is 0 Å². The number of rotatable bonds is 7. The monoisotopic (exact) mass is 689 g/mol. The molecule has 54 heavy (non-hydrogen) atoms. The second kappa shape index (κ2) is 13.4. The molecule has 0 aliphatic heterocycles. The first kappa shape index (κ1) is 31.6. The summed E-state index contributed by atoms with van der Waals surface area (Å²) in [5, 5.41) is 4.76. The quantitative estimate of drug-likeness (QED) is 0.166. The van der Waals surface area contributed by atoms with Gasteiger partial charge in [0.05, 0.1) is 0 Å². The predicted molar refractivity (Wildman–Crippen MR) is 228 cm³/mol. The lowest BCUT2D eigenvalue weighted by molar-refractivity contribution is 0.670. The Morgan fingerprint density at radius 1 is 0.296 bits per heavy atom. The number of anilines is 3. The standard InChI is InChI=1S/C52H35NO/c1-2-12-36(13-3-1)41-17-9-20-46(34-41)53(47-21-10-18-42(35-47)43-27-26-37-14-4-5-15-39(37)32-43)45-30-28-38(29-31-45)40-16-8-19-44(33-40)48-23-11-24-50-49-22-6-7-25-51(49)54-52(48)50/h1-35H. The van der Waals surface area contributed by atoms with E-state index in [1.165, 1.54) is 33.0 Å². The van der Waals surface area contributed by atoms with E-state index in [0.29, 0.717) is 0 Å². The second-order valence-electron chi connectivity index (χ2n) is 13.8. The Labute approximate surface area is 314 Å². The third-order valence-electron chi connectivity index (χ3n) is 10.4. The van der Waals surface area contributed by atoms with Crippen molar-refractivity contribution in [1.82, 2.24) is 0 Å². The van der Waals surface area contributed by atoms with Gasteiger partial charge in [-0.1, -0.05) is 158 Å². The number of furan rings is 1. The fourth-order valence-corrected chi connectivity index (χ4v) is 7.74. The first-order valence-corrected chi connectivity index (χ1v) is 18.4. The molecule has 0 amide bonds. The highest BCUT2D eigenvalue weighted by molar-refractivity contribution is 6.09. The summed E-state index contributed by atoms with van der Waals surface area (Å²) in [6, 6.07) is 75.9. The number of hydrogen-bond donors (Lipinski definition) is 0. The molecule has 9 aromatic carbocycles. The zero-order chi connectivity index (χ0) is 35.8. The lowest BCUT2D eigenvalue weighted by Crippen LogP contribution is -2.10. The Morgan fingerprint density at radius 2 is 0.833 bits per heavy atom. The highest BCUT2D eigenvalue weighted by Gasteiger charge is 2.16. The molecule has 1 aromatic heterocycles. The van der Waals surface area contributed by atoms with E-state index in [1.807, 2.05) is 12.1 Å². The SMILES string of the molecule is c1ccc(-c2cccc(N(c3ccc(-c4cccc(-c5cccc6c5oc5ccccc56)c4)cc3)c3cccc(-c4ccc5ccccc5c4)c3)c2)cc1. The van der Waals surface area contributed by atoms with Gasteiger partial charge >= 0.3 is 0 Å². The van der Waals surface area contributed by atoms with Crippen LogP contribution in [0.5, 0.6) is 0 Å². The van der Waals surface area contributed by atoms with Crippen LogP contribution in [0.25, 0.3) is 77.2 Å². The average Bonchev–Trinajstić information content (AvgIpc) is 3.64. The van der Waals surface area contributed by atoms with Crippen LogP contribution in [0.15, 0.2) is 217 Å². The third-order valence-corrected chi connectivity index (χ3v) is 10.4. The average molecular weight is 690 g/mol. The fraction of sp³-hybridized carbons (Fsp3) is 0. The van der Waals surface area contributed by atoms with Crippen LogP contribution < -0.4 is 4.90 Å². The van der Waals surface area contributed by atoms with Gasteiger partial charge in [-0.2, -0.15) is 0 Å². The summed E-state index contributed by atoms with van der Waals surface area (Å²) in [5.74, 6) is 0. The molecule has 2 nitrogen and oxygen atoms in total. The molecule has 0 atom stereocenters. The smallest absolute Gasteiger partial charge is 0.143 e. The van der Waals surface area contributed by atoms with Gasteiger partial charge in [0.25, 0.3) is 0 Å². The van der Waals surface area contributed by atoms with Gasteiger partial charge in [0, 0.05) is 33.4 Å². The molecule has 0 aliphatic carbocycles. The highest BCUT2D eigenvalue weighted by atomic mass is 16.3. The fourth-order valence-electron chi connectivity index (χ4n) is 7.74. The molecule has 254 valence electrons. The van der Waals surface area contributed by atoms with Crippen LogP contribution in [-0.4, -0.2) is 0 Å².